The third-order valence-corrected chi connectivity index (χ3v) is 8.24. The molecule has 1 saturated heterocycles. The lowest BCUT2D eigenvalue weighted by molar-refractivity contribution is -0.124. The summed E-state index contributed by atoms with van der Waals surface area (Å²) in [6.45, 7) is 2.44. The summed E-state index contributed by atoms with van der Waals surface area (Å²) in [7, 11) is 0. The monoisotopic (exact) mass is 781 g/mol. The largest absolute Gasteiger partial charge is 0.447 e. The Morgan fingerprint density at radius 2 is 1.83 bits per heavy atom. The minimum absolute atomic E-state index is 0.0123. The Morgan fingerprint density at radius 1 is 1.11 bits per heavy atom. The molecule has 3 amide bonds. The zero-order valence-electron chi connectivity index (χ0n) is 29.3. The molecule has 1 unspecified atom stereocenters. The molecule has 1 fully saturated rings. The third kappa shape index (κ3) is 12.2. The minimum Gasteiger partial charge on any atom is -0.447 e. The van der Waals surface area contributed by atoms with Crippen LogP contribution >= 0.6 is 11.6 Å². The number of ether oxygens (including phenoxy) is 3. The average molecular weight is 782 g/mol. The summed E-state index contributed by atoms with van der Waals surface area (Å²) in [6, 6.07) is 9.34. The van der Waals surface area contributed by atoms with Crippen LogP contribution in [-0.4, -0.2) is 84.2 Å². The Morgan fingerprint density at radius 3 is 2.48 bits per heavy atom. The molecule has 0 spiro atoms. The van der Waals surface area contributed by atoms with Gasteiger partial charge in [0, 0.05) is 21.4 Å². The number of benzene rings is 2. The maximum absolute atomic E-state index is 15.3. The van der Waals surface area contributed by atoms with Crippen molar-refractivity contribution in [1.29, 1.82) is 0 Å². The van der Waals surface area contributed by atoms with Gasteiger partial charge in [-0.05, 0) is 74.5 Å². The summed E-state index contributed by atoms with van der Waals surface area (Å²) < 4.78 is 83.0. The number of morpholine rings is 1. The first-order chi connectivity index (χ1) is 25.4. The number of anilines is 1. The lowest BCUT2D eigenvalue weighted by Gasteiger charge is -2.39. The Balaban J connectivity index is 1.52. The van der Waals surface area contributed by atoms with Crippen LogP contribution in [0.5, 0.6) is 0 Å². The molecule has 1 aliphatic rings. The predicted octanol–water partition coefficient (Wildman–Crippen LogP) is 7.69. The maximum atomic E-state index is 15.3. The molecule has 0 radical (unpaired) electrons. The lowest BCUT2D eigenvalue weighted by Crippen LogP contribution is -2.55. The molecule has 1 aliphatic heterocycles. The minimum atomic E-state index is -4.66. The number of hydrogen-bond donors (Lipinski definition) is 2. The first kappa shape index (κ1) is 41.6. The maximum Gasteiger partial charge on any atom is 0.410 e. The fourth-order valence-electron chi connectivity index (χ4n) is 5.60. The van der Waals surface area contributed by atoms with E-state index in [0.717, 1.165) is 6.20 Å². The van der Waals surface area contributed by atoms with Gasteiger partial charge in [-0.1, -0.05) is 41.0 Å². The second-order valence-corrected chi connectivity index (χ2v) is 13.7. The number of carbonyl (C=O) groups is 3. The second kappa shape index (κ2) is 18.2. The molecular weight excluding hydrogens is 745 g/mol. The van der Waals surface area contributed by atoms with E-state index in [0.29, 0.717) is 16.1 Å². The van der Waals surface area contributed by atoms with Crippen molar-refractivity contribution in [2.24, 2.45) is 5.11 Å². The van der Waals surface area contributed by atoms with Gasteiger partial charge in [0.1, 0.15) is 36.4 Å². The number of pyridine rings is 1. The van der Waals surface area contributed by atoms with Crippen LogP contribution in [0.2, 0.25) is 5.02 Å². The number of carbonyl (C=O) groups excluding carboxylic acids is 3. The highest BCUT2D eigenvalue weighted by molar-refractivity contribution is 6.30. The number of alkyl halides is 3. The first-order valence-electron chi connectivity index (χ1n) is 16.5. The lowest BCUT2D eigenvalue weighted by atomic mass is 9.85. The first-order valence-corrected chi connectivity index (χ1v) is 16.9. The highest BCUT2D eigenvalue weighted by atomic mass is 35.5. The quantitative estimate of drug-likeness (QED) is 0.0822. The molecule has 13 nitrogen and oxygen atoms in total. The molecule has 2 aromatic carbocycles. The topological polar surface area (TPSA) is 168 Å². The normalized spacial score (nSPS) is 17.1. The van der Waals surface area contributed by atoms with Gasteiger partial charge in [-0.2, -0.15) is 13.2 Å². The van der Waals surface area contributed by atoms with E-state index in [1.807, 2.05) is 0 Å². The van der Waals surface area contributed by atoms with E-state index in [4.69, 9.17) is 25.8 Å². The molecule has 54 heavy (non-hydrogen) atoms. The summed E-state index contributed by atoms with van der Waals surface area (Å²) in [5.74, 6) is -3.08. The second-order valence-electron chi connectivity index (χ2n) is 13.2. The molecule has 2 N–H and O–H groups in total. The van der Waals surface area contributed by atoms with Crippen molar-refractivity contribution < 1.29 is 50.5 Å². The predicted molar refractivity (Wildman–Crippen MR) is 186 cm³/mol. The van der Waals surface area contributed by atoms with E-state index in [2.05, 4.69) is 20.3 Å². The van der Waals surface area contributed by atoms with Gasteiger partial charge in [0.2, 0.25) is 5.91 Å². The Labute approximate surface area is 311 Å². The molecule has 0 aliphatic carbocycles. The van der Waals surface area contributed by atoms with Gasteiger partial charge in [-0.25, -0.2) is 18.4 Å². The Hall–Kier alpha value is -5.19. The van der Waals surface area contributed by atoms with E-state index in [-0.39, 0.29) is 37.2 Å². The van der Waals surface area contributed by atoms with Crippen LogP contribution in [0.4, 0.5) is 37.2 Å². The van der Waals surface area contributed by atoms with Crippen LogP contribution in [0.3, 0.4) is 0 Å². The molecule has 19 heteroatoms. The fraction of sp³-hybridized carbons (Fsp3) is 0.429. The van der Waals surface area contributed by atoms with Gasteiger partial charge in [-0.3, -0.25) is 14.7 Å². The van der Waals surface area contributed by atoms with Crippen molar-refractivity contribution in [2.45, 2.75) is 69.5 Å². The van der Waals surface area contributed by atoms with E-state index < -0.39 is 78.8 Å². The Bertz CT molecular complexity index is 1840. The zero-order valence-corrected chi connectivity index (χ0v) is 30.0. The van der Waals surface area contributed by atoms with Crippen molar-refractivity contribution in [2.75, 3.05) is 31.6 Å². The van der Waals surface area contributed by atoms with Gasteiger partial charge in [0.15, 0.2) is 0 Å². The van der Waals surface area contributed by atoms with Crippen LogP contribution < -0.4 is 10.6 Å². The highest BCUT2D eigenvalue weighted by Crippen LogP contribution is 2.33. The number of amides is 3. The van der Waals surface area contributed by atoms with E-state index in [9.17, 15) is 37.5 Å². The molecule has 1 aromatic heterocycles. The number of nitrogens with one attached hydrogen (secondary N) is 2. The smallest absolute Gasteiger partial charge is 0.410 e. The van der Waals surface area contributed by atoms with Crippen LogP contribution in [0.15, 0.2) is 66.0 Å². The molecule has 0 saturated carbocycles. The standard InChI is InChI=1S/C35H37ClF5N7O6/c1-34(2,3)54-33(51)48-16-25(52-17-24(48)18-53-32(50)44-19-35(39,40)41)11-12-26-27(38)14-43-15-28(26)45-31(49)30(46-47-42)29(20-7-9-23(37)10-8-20)21-5-4-6-22(36)13-21/h4-10,13-15,24-25,29-30H,11-12,16-19H2,1-3H3,(H,44,50)(H,45,49)/t24-,25-,29+,30?/m1/s1. The SMILES string of the molecule is CC(C)(C)OC(=O)N1C[C@@H](CCc2c(F)cncc2NC(=O)C(N=[N+]=[N-])[C@@H](c2ccc(F)cc2)c2cccc(Cl)c2)OC[C@@H]1COC(=O)NCC(F)(F)F. The fourth-order valence-corrected chi connectivity index (χ4v) is 5.80. The number of halogens is 6. The van der Waals surface area contributed by atoms with Crippen molar-refractivity contribution in [3.05, 3.63) is 105 Å². The summed E-state index contributed by atoms with van der Waals surface area (Å²) in [4.78, 5) is 46.8. The van der Waals surface area contributed by atoms with Crippen LogP contribution in [0.25, 0.3) is 10.4 Å². The molecule has 0 bridgehead atoms. The summed E-state index contributed by atoms with van der Waals surface area (Å²) in [5.41, 5.74) is 9.43. The van der Waals surface area contributed by atoms with Crippen LogP contribution in [0.1, 0.15) is 49.8 Å². The van der Waals surface area contributed by atoms with Crippen LogP contribution in [-0.2, 0) is 25.4 Å². The van der Waals surface area contributed by atoms with Gasteiger partial charge in [0.05, 0.1) is 43.4 Å². The third-order valence-electron chi connectivity index (χ3n) is 8.01. The number of nitrogens with zero attached hydrogens (tertiary/aromatic N) is 5. The summed E-state index contributed by atoms with van der Waals surface area (Å²) in [6.07, 6.45) is -5.36. The summed E-state index contributed by atoms with van der Waals surface area (Å²) in [5, 5.41) is 8.29. The number of azide groups is 1. The molecule has 290 valence electrons. The molecule has 2 heterocycles. The molecule has 4 rings (SSSR count). The van der Waals surface area contributed by atoms with E-state index in [1.54, 1.807) is 50.4 Å². The molecular formula is C35H37ClF5N7O6. The molecule has 3 aromatic rings. The van der Waals surface area contributed by atoms with E-state index in [1.165, 1.54) is 35.4 Å². The number of hydrogen-bond acceptors (Lipinski definition) is 8. The summed E-state index contributed by atoms with van der Waals surface area (Å²) >= 11 is 6.24. The van der Waals surface area contributed by atoms with Gasteiger partial charge in [-0.15, -0.1) is 0 Å². The zero-order chi connectivity index (χ0) is 39.6. The van der Waals surface area contributed by atoms with E-state index >= 15 is 4.39 Å². The number of rotatable bonds is 12. The van der Waals surface area contributed by atoms with Crippen molar-refractivity contribution >= 4 is 35.4 Å². The Kier molecular flexibility index (Phi) is 14.0. The average Bonchev–Trinajstić information content (AvgIpc) is 3.09. The number of alkyl carbamates (subject to hydrolysis) is 1. The highest BCUT2D eigenvalue weighted by Gasteiger charge is 2.37. The van der Waals surface area contributed by atoms with Crippen molar-refractivity contribution in [3.8, 4) is 0 Å². The van der Waals surface area contributed by atoms with Gasteiger partial charge < -0.3 is 24.8 Å². The van der Waals surface area contributed by atoms with Crippen LogP contribution in [0, 0.1) is 11.6 Å². The number of aromatic nitrogens is 1. The van der Waals surface area contributed by atoms with Gasteiger partial charge >= 0.3 is 18.4 Å². The molecule has 4 atom stereocenters. The van der Waals surface area contributed by atoms with Crippen molar-refractivity contribution in [1.82, 2.24) is 15.2 Å². The van der Waals surface area contributed by atoms with Gasteiger partial charge in [0.25, 0.3) is 0 Å². The van der Waals surface area contributed by atoms with Crippen molar-refractivity contribution in [3.63, 3.8) is 0 Å².